The molecule has 1 aromatic heterocycles. The standard InChI is InChI=1S/C7H13N3OS2/c1-2-5(8)6(3-11)13-7-10-9-4-12-7/h4-6,11H,2-3,8H2,1H3. The van der Waals surface area contributed by atoms with Crippen molar-refractivity contribution >= 4 is 23.1 Å². The summed E-state index contributed by atoms with van der Waals surface area (Å²) in [5.41, 5.74) is 7.49. The maximum absolute atomic E-state index is 9.08. The molecule has 1 heterocycles. The second kappa shape index (κ2) is 5.54. The maximum Gasteiger partial charge on any atom is 0.174 e. The van der Waals surface area contributed by atoms with Gasteiger partial charge in [0.2, 0.25) is 0 Å². The lowest BCUT2D eigenvalue weighted by Crippen LogP contribution is -2.34. The average molecular weight is 219 g/mol. The highest BCUT2D eigenvalue weighted by molar-refractivity contribution is 8.01. The van der Waals surface area contributed by atoms with E-state index in [1.54, 1.807) is 5.51 Å². The molecule has 13 heavy (non-hydrogen) atoms. The number of aliphatic hydroxyl groups is 1. The van der Waals surface area contributed by atoms with Gasteiger partial charge in [-0.05, 0) is 6.42 Å². The molecule has 6 heteroatoms. The van der Waals surface area contributed by atoms with Crippen molar-refractivity contribution in [2.24, 2.45) is 5.73 Å². The molecule has 0 aromatic carbocycles. The molecule has 2 atom stereocenters. The number of nitrogens with zero attached hydrogens (tertiary/aromatic N) is 2. The predicted molar refractivity (Wildman–Crippen MR) is 54.9 cm³/mol. The summed E-state index contributed by atoms with van der Waals surface area (Å²) >= 11 is 2.97. The Hall–Kier alpha value is -0.170. The largest absolute Gasteiger partial charge is 0.395 e. The van der Waals surface area contributed by atoms with E-state index in [2.05, 4.69) is 10.2 Å². The molecule has 0 saturated heterocycles. The topological polar surface area (TPSA) is 72.0 Å². The van der Waals surface area contributed by atoms with Crippen LogP contribution in [0.5, 0.6) is 0 Å². The molecule has 0 saturated carbocycles. The maximum atomic E-state index is 9.08. The lowest BCUT2D eigenvalue weighted by Gasteiger charge is -2.18. The van der Waals surface area contributed by atoms with Gasteiger partial charge < -0.3 is 10.8 Å². The Kier molecular flexibility index (Phi) is 4.65. The Balaban J connectivity index is 2.49. The summed E-state index contributed by atoms with van der Waals surface area (Å²) < 4.78 is 0.864. The fourth-order valence-corrected chi connectivity index (χ4v) is 2.66. The molecule has 0 aliphatic heterocycles. The summed E-state index contributed by atoms with van der Waals surface area (Å²) in [4.78, 5) is 0. The van der Waals surface area contributed by atoms with E-state index in [0.717, 1.165) is 10.8 Å². The fourth-order valence-electron chi connectivity index (χ4n) is 0.867. The summed E-state index contributed by atoms with van der Waals surface area (Å²) in [6.45, 7) is 2.09. The van der Waals surface area contributed by atoms with Gasteiger partial charge in [0, 0.05) is 6.04 Å². The van der Waals surface area contributed by atoms with Gasteiger partial charge in [0.05, 0.1) is 11.9 Å². The number of hydrogen-bond donors (Lipinski definition) is 2. The minimum absolute atomic E-state index is 0.0129. The Morgan fingerprint density at radius 2 is 2.54 bits per heavy atom. The molecule has 0 bridgehead atoms. The van der Waals surface area contributed by atoms with Gasteiger partial charge in [0.1, 0.15) is 5.51 Å². The van der Waals surface area contributed by atoms with E-state index in [9.17, 15) is 0 Å². The Labute approximate surface area is 85.6 Å². The van der Waals surface area contributed by atoms with E-state index in [-0.39, 0.29) is 17.9 Å². The summed E-state index contributed by atoms with van der Waals surface area (Å²) in [6, 6.07) is 0.0129. The minimum Gasteiger partial charge on any atom is -0.395 e. The van der Waals surface area contributed by atoms with Crippen LogP contribution in [0.2, 0.25) is 0 Å². The van der Waals surface area contributed by atoms with Gasteiger partial charge in [-0.25, -0.2) is 0 Å². The molecule has 74 valence electrons. The normalized spacial score (nSPS) is 15.6. The highest BCUT2D eigenvalue weighted by Gasteiger charge is 2.17. The van der Waals surface area contributed by atoms with Crippen LogP contribution < -0.4 is 5.73 Å². The predicted octanol–water partition coefficient (Wildman–Crippen LogP) is 0.728. The average Bonchev–Trinajstić information content (AvgIpc) is 2.65. The first-order valence-corrected chi connectivity index (χ1v) is 5.83. The van der Waals surface area contributed by atoms with Crippen molar-refractivity contribution in [2.75, 3.05) is 6.61 Å². The second-order valence-electron chi connectivity index (χ2n) is 2.62. The molecule has 4 nitrogen and oxygen atoms in total. The van der Waals surface area contributed by atoms with Crippen LogP contribution >= 0.6 is 23.1 Å². The van der Waals surface area contributed by atoms with Crippen molar-refractivity contribution in [3.8, 4) is 0 Å². The van der Waals surface area contributed by atoms with E-state index < -0.39 is 0 Å². The smallest absolute Gasteiger partial charge is 0.174 e. The number of aromatic nitrogens is 2. The zero-order valence-electron chi connectivity index (χ0n) is 7.38. The van der Waals surface area contributed by atoms with Crippen molar-refractivity contribution in [1.82, 2.24) is 10.2 Å². The molecule has 3 N–H and O–H groups in total. The number of nitrogens with two attached hydrogens (primary N) is 1. The molecular weight excluding hydrogens is 206 g/mol. The van der Waals surface area contributed by atoms with Gasteiger partial charge in [-0.1, -0.05) is 30.0 Å². The fraction of sp³-hybridized carbons (Fsp3) is 0.714. The molecular formula is C7H13N3OS2. The third kappa shape index (κ3) is 3.22. The Morgan fingerprint density at radius 3 is 3.00 bits per heavy atom. The van der Waals surface area contributed by atoms with Gasteiger partial charge in [-0.15, -0.1) is 10.2 Å². The number of rotatable bonds is 5. The monoisotopic (exact) mass is 219 g/mol. The number of thioether (sulfide) groups is 1. The third-order valence-corrected chi connectivity index (χ3v) is 3.87. The molecule has 2 unspecified atom stereocenters. The van der Waals surface area contributed by atoms with Crippen LogP contribution in [0.15, 0.2) is 9.85 Å². The molecule has 0 spiro atoms. The van der Waals surface area contributed by atoms with E-state index in [1.807, 2.05) is 6.92 Å². The first-order valence-electron chi connectivity index (χ1n) is 4.07. The van der Waals surface area contributed by atoms with E-state index in [4.69, 9.17) is 10.8 Å². The summed E-state index contributed by atoms with van der Waals surface area (Å²) in [5, 5.41) is 16.7. The highest BCUT2D eigenvalue weighted by atomic mass is 32.2. The summed E-state index contributed by atoms with van der Waals surface area (Å²) in [7, 11) is 0. The van der Waals surface area contributed by atoms with Gasteiger partial charge >= 0.3 is 0 Å². The number of aliphatic hydroxyl groups excluding tert-OH is 1. The van der Waals surface area contributed by atoms with Crippen LogP contribution in [0.1, 0.15) is 13.3 Å². The van der Waals surface area contributed by atoms with Crippen LogP contribution in [0.25, 0.3) is 0 Å². The van der Waals surface area contributed by atoms with E-state index in [1.165, 1.54) is 23.1 Å². The van der Waals surface area contributed by atoms with E-state index >= 15 is 0 Å². The van der Waals surface area contributed by atoms with Crippen LogP contribution in [0.3, 0.4) is 0 Å². The van der Waals surface area contributed by atoms with Gasteiger partial charge in [0.15, 0.2) is 4.34 Å². The second-order valence-corrected chi connectivity index (χ2v) is 4.94. The van der Waals surface area contributed by atoms with Crippen LogP contribution in [0, 0.1) is 0 Å². The van der Waals surface area contributed by atoms with Gasteiger partial charge in [-0.3, -0.25) is 0 Å². The first-order chi connectivity index (χ1) is 6.27. The van der Waals surface area contributed by atoms with Gasteiger partial charge in [0.25, 0.3) is 0 Å². The van der Waals surface area contributed by atoms with Crippen molar-refractivity contribution < 1.29 is 5.11 Å². The molecule has 0 amide bonds. The van der Waals surface area contributed by atoms with Crippen molar-refractivity contribution in [1.29, 1.82) is 0 Å². The zero-order valence-corrected chi connectivity index (χ0v) is 9.01. The van der Waals surface area contributed by atoms with Crippen LogP contribution in [0.4, 0.5) is 0 Å². The third-order valence-electron chi connectivity index (χ3n) is 1.72. The SMILES string of the molecule is CCC(N)C(CO)Sc1nncs1. The zero-order chi connectivity index (χ0) is 9.68. The number of hydrogen-bond acceptors (Lipinski definition) is 6. The van der Waals surface area contributed by atoms with Crippen LogP contribution in [-0.4, -0.2) is 33.2 Å². The molecule has 0 aliphatic carbocycles. The molecule has 1 rings (SSSR count). The Bertz CT molecular complexity index is 230. The quantitative estimate of drug-likeness (QED) is 0.714. The van der Waals surface area contributed by atoms with Crippen molar-refractivity contribution in [3.63, 3.8) is 0 Å². The lowest BCUT2D eigenvalue weighted by molar-refractivity contribution is 0.281. The first kappa shape index (κ1) is 10.9. The molecule has 1 aromatic rings. The summed E-state index contributed by atoms with van der Waals surface area (Å²) in [6.07, 6.45) is 0.858. The Morgan fingerprint density at radius 1 is 1.77 bits per heavy atom. The van der Waals surface area contributed by atoms with Crippen molar-refractivity contribution in [2.45, 2.75) is 29.0 Å². The molecule has 0 fully saturated rings. The van der Waals surface area contributed by atoms with E-state index in [0.29, 0.717) is 0 Å². The lowest BCUT2D eigenvalue weighted by atomic mass is 10.2. The minimum atomic E-state index is 0.0129. The molecule has 0 radical (unpaired) electrons. The summed E-state index contributed by atoms with van der Waals surface area (Å²) in [5.74, 6) is 0. The van der Waals surface area contributed by atoms with Gasteiger partial charge in [-0.2, -0.15) is 0 Å². The highest BCUT2D eigenvalue weighted by Crippen LogP contribution is 2.26. The molecule has 0 aliphatic rings. The van der Waals surface area contributed by atoms with Crippen LogP contribution in [-0.2, 0) is 0 Å². The van der Waals surface area contributed by atoms with Crippen molar-refractivity contribution in [3.05, 3.63) is 5.51 Å².